The average Bonchev–Trinajstić information content (AvgIpc) is 3.43. The minimum atomic E-state index is -0.860. The molecule has 3 heterocycles. The molecule has 2 aromatic heterocycles. The van der Waals surface area contributed by atoms with E-state index in [1.807, 2.05) is 25.1 Å². The fraction of sp³-hybridized carbons (Fsp3) is 0.115. The van der Waals surface area contributed by atoms with Crippen molar-refractivity contribution >= 4 is 49.2 Å². The number of anilines is 1. The highest BCUT2D eigenvalue weighted by Crippen LogP contribution is 2.44. The van der Waals surface area contributed by atoms with Crippen LogP contribution < -0.4 is 15.1 Å². The van der Waals surface area contributed by atoms with Crippen LogP contribution in [-0.4, -0.2) is 22.4 Å². The van der Waals surface area contributed by atoms with Crippen molar-refractivity contribution in [3.05, 3.63) is 104 Å². The molecule has 0 unspecified atom stereocenters. The maximum absolute atomic E-state index is 13.7. The number of hydrogen-bond donors (Lipinski definition) is 0. The first-order valence-corrected chi connectivity index (χ1v) is 11.9. The molecular formula is C26H17N3O6S. The second-order valence-corrected chi connectivity index (χ2v) is 9.16. The van der Waals surface area contributed by atoms with E-state index in [1.54, 1.807) is 36.4 Å². The number of para-hydroxylation sites is 1. The zero-order valence-corrected chi connectivity index (χ0v) is 19.7. The molecule has 0 saturated carbocycles. The topological polar surface area (TPSA) is 116 Å². The molecule has 0 aliphatic carbocycles. The third kappa shape index (κ3) is 3.34. The quantitative estimate of drug-likeness (QED) is 0.233. The highest BCUT2D eigenvalue weighted by atomic mass is 32.1. The number of fused-ring (bicyclic) bond motifs is 3. The number of hydrogen-bond acceptors (Lipinski definition) is 8. The molecule has 0 bridgehead atoms. The molecule has 0 radical (unpaired) electrons. The van der Waals surface area contributed by atoms with E-state index in [-0.39, 0.29) is 22.4 Å². The predicted octanol–water partition coefficient (Wildman–Crippen LogP) is 5.46. The van der Waals surface area contributed by atoms with Crippen LogP contribution in [0.3, 0.4) is 0 Å². The summed E-state index contributed by atoms with van der Waals surface area (Å²) in [6, 6.07) is 17.2. The number of nitro groups is 1. The Balaban J connectivity index is 1.57. The summed E-state index contributed by atoms with van der Waals surface area (Å²) in [5, 5.41) is 11.9. The number of aromatic nitrogens is 1. The lowest BCUT2D eigenvalue weighted by Crippen LogP contribution is -2.29. The van der Waals surface area contributed by atoms with Gasteiger partial charge in [-0.05, 0) is 55.0 Å². The molecule has 0 saturated heterocycles. The molecule has 0 fully saturated rings. The van der Waals surface area contributed by atoms with Crippen LogP contribution in [0.4, 0.5) is 10.8 Å². The lowest BCUT2D eigenvalue weighted by atomic mass is 9.98. The van der Waals surface area contributed by atoms with Crippen LogP contribution in [-0.2, 0) is 0 Å². The Bertz CT molecular complexity index is 1740. The highest BCUT2D eigenvalue weighted by Gasteiger charge is 2.45. The minimum Gasteiger partial charge on any atom is -0.494 e. The van der Waals surface area contributed by atoms with Crippen LogP contribution in [0.15, 0.2) is 75.9 Å². The predicted molar refractivity (Wildman–Crippen MR) is 135 cm³/mol. The lowest BCUT2D eigenvalue weighted by Gasteiger charge is -2.22. The number of rotatable bonds is 5. The van der Waals surface area contributed by atoms with E-state index >= 15 is 0 Å². The molecular weight excluding hydrogens is 482 g/mol. The van der Waals surface area contributed by atoms with Crippen molar-refractivity contribution in [2.75, 3.05) is 11.5 Å². The van der Waals surface area contributed by atoms with Gasteiger partial charge in [-0.2, -0.15) is 0 Å². The Labute approximate surface area is 207 Å². The van der Waals surface area contributed by atoms with Crippen LogP contribution in [0.25, 0.3) is 21.2 Å². The van der Waals surface area contributed by atoms with Crippen LogP contribution >= 0.6 is 11.3 Å². The van der Waals surface area contributed by atoms with E-state index in [2.05, 4.69) is 4.98 Å². The molecule has 3 aromatic carbocycles. The van der Waals surface area contributed by atoms with Crippen molar-refractivity contribution in [3.8, 4) is 5.75 Å². The third-order valence-electron chi connectivity index (χ3n) is 6.06. The number of carbonyl (C=O) groups is 1. The molecule has 1 aliphatic rings. The fourth-order valence-corrected chi connectivity index (χ4v) is 5.48. The van der Waals surface area contributed by atoms with Crippen molar-refractivity contribution in [1.29, 1.82) is 0 Å². The summed E-state index contributed by atoms with van der Waals surface area (Å²) in [7, 11) is 0. The SMILES string of the molecule is CCOc1ccc2nc(N3C(=O)c4oc5ccccc5c(=O)c4[C@H]3c3ccc([N+](=O)[O-])cc3)sc2c1. The first-order chi connectivity index (χ1) is 17.5. The second-order valence-electron chi connectivity index (χ2n) is 8.16. The first kappa shape index (κ1) is 21.9. The van der Waals surface area contributed by atoms with Gasteiger partial charge in [-0.1, -0.05) is 23.5 Å². The van der Waals surface area contributed by atoms with Crippen LogP contribution in [0.5, 0.6) is 5.75 Å². The number of non-ortho nitro benzene ring substituents is 1. The molecule has 1 amide bonds. The standard InChI is InChI=1S/C26H17N3O6S/c1-2-34-16-11-12-18-20(13-16)36-26(27-18)28-22(14-7-9-15(10-8-14)29(32)33)21-23(30)17-5-3-4-6-19(17)35-24(21)25(28)31/h3-13,22H,2H2,1H3/t22-/m1/s1. The van der Waals surface area contributed by atoms with Crippen molar-refractivity contribution in [2.24, 2.45) is 0 Å². The monoisotopic (exact) mass is 499 g/mol. The summed E-state index contributed by atoms with van der Waals surface area (Å²) in [6.45, 7) is 2.41. The molecule has 36 heavy (non-hydrogen) atoms. The average molecular weight is 500 g/mol. The first-order valence-electron chi connectivity index (χ1n) is 11.1. The molecule has 0 N–H and O–H groups in total. The van der Waals surface area contributed by atoms with Crippen molar-refractivity contribution in [1.82, 2.24) is 4.98 Å². The van der Waals surface area contributed by atoms with Gasteiger partial charge in [-0.15, -0.1) is 0 Å². The van der Waals surface area contributed by atoms with Crippen molar-refractivity contribution in [3.63, 3.8) is 0 Å². The number of thiazole rings is 1. The van der Waals surface area contributed by atoms with Crippen LogP contribution in [0, 0.1) is 10.1 Å². The highest BCUT2D eigenvalue weighted by molar-refractivity contribution is 7.22. The Kier molecular flexibility index (Phi) is 5.04. The van der Waals surface area contributed by atoms with Gasteiger partial charge in [0.05, 0.1) is 38.7 Å². The van der Waals surface area contributed by atoms with E-state index in [1.165, 1.54) is 28.4 Å². The number of ether oxygens (including phenoxy) is 1. The van der Waals surface area contributed by atoms with Gasteiger partial charge in [0.15, 0.2) is 10.6 Å². The molecule has 5 aromatic rings. The summed E-state index contributed by atoms with van der Waals surface area (Å²) >= 11 is 1.29. The van der Waals surface area contributed by atoms with Gasteiger partial charge >= 0.3 is 0 Å². The van der Waals surface area contributed by atoms with Gasteiger partial charge in [0.25, 0.3) is 11.6 Å². The number of amides is 1. The number of benzene rings is 3. The minimum absolute atomic E-state index is 0.0590. The molecule has 1 atom stereocenters. The molecule has 10 heteroatoms. The summed E-state index contributed by atoms with van der Waals surface area (Å²) < 4.78 is 12.3. The van der Waals surface area contributed by atoms with E-state index < -0.39 is 16.9 Å². The van der Waals surface area contributed by atoms with E-state index in [0.717, 1.165) is 4.70 Å². The van der Waals surface area contributed by atoms with Gasteiger partial charge in [0.1, 0.15) is 11.3 Å². The van der Waals surface area contributed by atoms with Gasteiger partial charge < -0.3 is 9.15 Å². The second kappa shape index (κ2) is 8.28. The van der Waals surface area contributed by atoms with Crippen molar-refractivity contribution in [2.45, 2.75) is 13.0 Å². The maximum Gasteiger partial charge on any atom is 0.297 e. The third-order valence-corrected chi connectivity index (χ3v) is 7.08. The van der Waals surface area contributed by atoms with Gasteiger partial charge in [0.2, 0.25) is 5.76 Å². The maximum atomic E-state index is 13.7. The molecule has 9 nitrogen and oxygen atoms in total. The zero-order valence-electron chi connectivity index (χ0n) is 18.8. The molecule has 6 rings (SSSR count). The fourth-order valence-electron chi connectivity index (χ4n) is 4.46. The summed E-state index contributed by atoms with van der Waals surface area (Å²) in [5.41, 5.74) is 1.28. The van der Waals surface area contributed by atoms with Crippen LogP contribution in [0.1, 0.15) is 34.6 Å². The Morgan fingerprint density at radius 1 is 1.11 bits per heavy atom. The van der Waals surface area contributed by atoms with E-state index in [0.29, 0.717) is 39.5 Å². The lowest BCUT2D eigenvalue weighted by molar-refractivity contribution is -0.384. The van der Waals surface area contributed by atoms with Gasteiger partial charge in [-0.25, -0.2) is 4.98 Å². The molecule has 1 aliphatic heterocycles. The van der Waals surface area contributed by atoms with E-state index in [9.17, 15) is 19.7 Å². The van der Waals surface area contributed by atoms with Gasteiger partial charge in [-0.3, -0.25) is 24.6 Å². The smallest absolute Gasteiger partial charge is 0.297 e. The van der Waals surface area contributed by atoms with Crippen molar-refractivity contribution < 1.29 is 18.9 Å². The Hall–Kier alpha value is -4.57. The zero-order chi connectivity index (χ0) is 25.0. The summed E-state index contributed by atoms with van der Waals surface area (Å²) in [5.74, 6) is 0.128. The Morgan fingerprint density at radius 3 is 2.64 bits per heavy atom. The van der Waals surface area contributed by atoms with Crippen LogP contribution in [0.2, 0.25) is 0 Å². The number of nitro benzene ring substituents is 1. The molecule has 0 spiro atoms. The normalized spacial score (nSPS) is 15.0. The van der Waals surface area contributed by atoms with E-state index in [4.69, 9.17) is 9.15 Å². The summed E-state index contributed by atoms with van der Waals surface area (Å²) in [6.07, 6.45) is 0. The molecule has 178 valence electrons. The largest absolute Gasteiger partial charge is 0.494 e. The number of carbonyl (C=O) groups excluding carboxylic acids is 1. The number of nitrogens with zero attached hydrogens (tertiary/aromatic N) is 3. The summed E-state index contributed by atoms with van der Waals surface area (Å²) in [4.78, 5) is 44.1. The Morgan fingerprint density at radius 2 is 1.89 bits per heavy atom. The van der Waals surface area contributed by atoms with Gasteiger partial charge in [0, 0.05) is 12.1 Å².